The Morgan fingerprint density at radius 1 is 1.38 bits per heavy atom. The van der Waals surface area contributed by atoms with E-state index in [4.69, 9.17) is 4.74 Å². The third kappa shape index (κ3) is 2.94. The molecule has 0 aliphatic carbocycles. The van der Waals surface area contributed by atoms with Gasteiger partial charge in [-0.1, -0.05) is 24.3 Å². The summed E-state index contributed by atoms with van der Waals surface area (Å²) in [7, 11) is 0. The van der Waals surface area contributed by atoms with E-state index in [9.17, 15) is 5.26 Å². The van der Waals surface area contributed by atoms with E-state index >= 15 is 0 Å². The van der Waals surface area contributed by atoms with Gasteiger partial charge in [-0.15, -0.1) is 11.3 Å². The number of para-hydroxylation sites is 1. The molecule has 1 aromatic heterocycles. The maximum Gasteiger partial charge on any atom is 0.129 e. The molecule has 4 heteroatoms. The average molecular weight is 298 g/mol. The second kappa shape index (κ2) is 5.51. The smallest absolute Gasteiger partial charge is 0.129 e. The van der Waals surface area contributed by atoms with E-state index < -0.39 is 0 Å². The summed E-state index contributed by atoms with van der Waals surface area (Å²) in [6.07, 6.45) is 0.888. The number of hydrogen-bond acceptors (Lipinski definition) is 4. The molecule has 3 nitrogen and oxygen atoms in total. The van der Waals surface area contributed by atoms with Crippen molar-refractivity contribution in [1.29, 1.82) is 5.26 Å². The summed E-state index contributed by atoms with van der Waals surface area (Å²) in [5.41, 5.74) is 1.94. The van der Waals surface area contributed by atoms with Gasteiger partial charge < -0.3 is 4.74 Å². The summed E-state index contributed by atoms with van der Waals surface area (Å²) in [5, 5.41) is 14.9. The van der Waals surface area contributed by atoms with Gasteiger partial charge in [0.25, 0.3) is 0 Å². The van der Waals surface area contributed by atoms with Gasteiger partial charge in [0.2, 0.25) is 0 Å². The van der Waals surface area contributed by atoms with E-state index in [2.05, 4.69) is 37.4 Å². The summed E-state index contributed by atoms with van der Waals surface area (Å²) in [6, 6.07) is 12.2. The Morgan fingerprint density at radius 2 is 2.24 bits per heavy atom. The van der Waals surface area contributed by atoms with Gasteiger partial charge in [0.05, 0.1) is 6.07 Å². The predicted molar refractivity (Wildman–Crippen MR) is 84.4 cm³/mol. The van der Waals surface area contributed by atoms with Crippen molar-refractivity contribution in [2.75, 3.05) is 0 Å². The van der Waals surface area contributed by atoms with Crippen LogP contribution in [0.25, 0.3) is 0 Å². The summed E-state index contributed by atoms with van der Waals surface area (Å²) >= 11 is 1.69. The molecule has 2 heterocycles. The molecule has 1 aliphatic heterocycles. The fourth-order valence-corrected chi connectivity index (χ4v) is 3.36. The fraction of sp³-hybridized carbons (Fsp3) is 0.353. The molecule has 0 bridgehead atoms. The maximum atomic E-state index is 9.50. The lowest BCUT2D eigenvalue weighted by molar-refractivity contribution is 0.137. The molecule has 1 unspecified atom stereocenters. The molecular formula is C17H18N2OS. The Bertz CT molecular complexity index is 671. The van der Waals surface area contributed by atoms with Crippen LogP contribution in [0.3, 0.4) is 0 Å². The lowest BCUT2D eigenvalue weighted by Gasteiger charge is -2.20. The van der Waals surface area contributed by atoms with Crippen molar-refractivity contribution in [3.8, 4) is 11.8 Å². The molecule has 2 aromatic rings. The first-order valence-electron chi connectivity index (χ1n) is 7.05. The van der Waals surface area contributed by atoms with Gasteiger partial charge in [-0.2, -0.15) is 5.26 Å². The highest BCUT2D eigenvalue weighted by atomic mass is 32.1. The van der Waals surface area contributed by atoms with Crippen LogP contribution in [0.5, 0.6) is 5.75 Å². The minimum absolute atomic E-state index is 0.188. The lowest BCUT2D eigenvalue weighted by atomic mass is 9.98. The van der Waals surface area contributed by atoms with Crippen LogP contribution < -0.4 is 10.1 Å². The first-order chi connectivity index (χ1) is 10.1. The number of fused-ring (bicyclic) bond motifs is 1. The van der Waals surface area contributed by atoms with Crippen molar-refractivity contribution >= 4 is 11.3 Å². The molecule has 0 amide bonds. The van der Waals surface area contributed by atoms with Gasteiger partial charge >= 0.3 is 0 Å². The third-order valence-electron chi connectivity index (χ3n) is 3.62. The highest BCUT2D eigenvalue weighted by Crippen LogP contribution is 2.39. The molecular weight excluding hydrogens is 280 g/mol. The molecule has 1 N–H and O–H groups in total. The van der Waals surface area contributed by atoms with Crippen LogP contribution in [-0.4, -0.2) is 5.60 Å². The minimum Gasteiger partial charge on any atom is -0.487 e. The maximum absolute atomic E-state index is 9.50. The van der Waals surface area contributed by atoms with Gasteiger partial charge in [0, 0.05) is 23.4 Å². The highest BCUT2D eigenvalue weighted by molar-refractivity contribution is 7.09. The molecule has 1 aromatic carbocycles. The number of rotatable bonds is 4. The zero-order chi connectivity index (χ0) is 14.9. The largest absolute Gasteiger partial charge is 0.487 e. The Hall–Kier alpha value is -1.83. The molecule has 0 saturated heterocycles. The van der Waals surface area contributed by atoms with Gasteiger partial charge in [-0.25, -0.2) is 0 Å². The normalized spacial score (nSPS) is 16.8. The zero-order valence-corrected chi connectivity index (χ0v) is 13.0. The Kier molecular flexibility index (Phi) is 3.71. The predicted octanol–water partition coefficient (Wildman–Crippen LogP) is 3.82. The third-order valence-corrected chi connectivity index (χ3v) is 4.50. The van der Waals surface area contributed by atoms with Crippen molar-refractivity contribution in [2.24, 2.45) is 0 Å². The summed E-state index contributed by atoms with van der Waals surface area (Å²) < 4.78 is 6.06. The Morgan fingerprint density at radius 3 is 2.95 bits per heavy atom. The quantitative estimate of drug-likeness (QED) is 0.933. The molecule has 0 radical (unpaired) electrons. The van der Waals surface area contributed by atoms with Crippen LogP contribution in [-0.2, 0) is 13.0 Å². The Balaban J connectivity index is 1.83. The van der Waals surface area contributed by atoms with Crippen LogP contribution in [0, 0.1) is 11.3 Å². The first kappa shape index (κ1) is 14.1. The van der Waals surface area contributed by atoms with E-state index in [-0.39, 0.29) is 11.6 Å². The minimum atomic E-state index is -0.351. The summed E-state index contributed by atoms with van der Waals surface area (Å²) in [5.74, 6) is 0.882. The Labute approximate surface area is 129 Å². The molecule has 21 heavy (non-hydrogen) atoms. The van der Waals surface area contributed by atoms with E-state index in [0.29, 0.717) is 6.54 Å². The van der Waals surface area contributed by atoms with Crippen molar-refractivity contribution in [3.63, 3.8) is 0 Å². The monoisotopic (exact) mass is 298 g/mol. The number of hydrogen-bond donors (Lipinski definition) is 1. The number of nitriles is 1. The van der Waals surface area contributed by atoms with Gasteiger partial charge in [0.15, 0.2) is 0 Å². The summed E-state index contributed by atoms with van der Waals surface area (Å²) in [6.45, 7) is 4.86. The van der Waals surface area contributed by atoms with E-state index in [1.165, 1.54) is 10.4 Å². The molecule has 0 saturated carbocycles. The molecule has 108 valence electrons. The molecule has 3 rings (SSSR count). The van der Waals surface area contributed by atoms with Crippen LogP contribution in [0.4, 0.5) is 0 Å². The fourth-order valence-electron chi connectivity index (χ4n) is 2.71. The molecule has 1 atom stereocenters. The van der Waals surface area contributed by atoms with Crippen molar-refractivity contribution in [3.05, 3.63) is 51.7 Å². The van der Waals surface area contributed by atoms with E-state index in [1.54, 1.807) is 11.3 Å². The lowest BCUT2D eigenvalue weighted by Crippen LogP contribution is -2.25. The van der Waals surface area contributed by atoms with Crippen molar-refractivity contribution in [2.45, 2.75) is 38.5 Å². The summed E-state index contributed by atoms with van der Waals surface area (Å²) in [4.78, 5) is 1.23. The van der Waals surface area contributed by atoms with Crippen LogP contribution in [0.15, 0.2) is 35.7 Å². The van der Waals surface area contributed by atoms with E-state index in [1.807, 2.05) is 23.6 Å². The number of nitrogens with one attached hydrogen (secondary N) is 1. The molecule has 1 aliphatic rings. The average Bonchev–Trinajstić information content (AvgIpc) is 3.05. The second-order valence-corrected chi connectivity index (χ2v) is 6.93. The highest BCUT2D eigenvalue weighted by Gasteiger charge is 2.33. The number of nitrogens with zero attached hydrogens (tertiary/aromatic N) is 1. The van der Waals surface area contributed by atoms with Gasteiger partial charge in [-0.05, 0) is 30.9 Å². The van der Waals surface area contributed by atoms with Crippen LogP contribution in [0.1, 0.15) is 35.9 Å². The standard InChI is InChI=1S/C17H18N2OS/c1-17(2)9-12-5-3-7-14(16(12)20-17)15(10-18)19-11-13-6-4-8-21-13/h3-8,15,19H,9,11H2,1-2H3. The number of ether oxygens (including phenoxy) is 1. The number of benzene rings is 1. The topological polar surface area (TPSA) is 45.0 Å². The van der Waals surface area contributed by atoms with Crippen LogP contribution in [0.2, 0.25) is 0 Å². The van der Waals surface area contributed by atoms with Crippen molar-refractivity contribution < 1.29 is 4.74 Å². The zero-order valence-electron chi connectivity index (χ0n) is 12.2. The van der Waals surface area contributed by atoms with Crippen molar-refractivity contribution in [1.82, 2.24) is 5.32 Å². The SMILES string of the molecule is CC1(C)Cc2cccc(C(C#N)NCc3cccs3)c2O1. The molecule has 0 spiro atoms. The molecule has 0 fully saturated rings. The van der Waals surface area contributed by atoms with Gasteiger partial charge in [-0.3, -0.25) is 5.32 Å². The van der Waals surface area contributed by atoms with E-state index in [0.717, 1.165) is 17.7 Å². The second-order valence-electron chi connectivity index (χ2n) is 5.90. The first-order valence-corrected chi connectivity index (χ1v) is 7.93. The number of thiophene rings is 1. The van der Waals surface area contributed by atoms with Crippen LogP contribution >= 0.6 is 11.3 Å². The van der Waals surface area contributed by atoms with Gasteiger partial charge in [0.1, 0.15) is 17.4 Å².